The van der Waals surface area contributed by atoms with Gasteiger partial charge in [0, 0.05) is 35.3 Å². The fraction of sp³-hybridized carbons (Fsp3) is 0.250. The number of benzene rings is 2. The first kappa shape index (κ1) is 16.2. The van der Waals surface area contributed by atoms with Gasteiger partial charge in [-0.25, -0.2) is 4.39 Å². The third-order valence-electron chi connectivity index (χ3n) is 4.61. The van der Waals surface area contributed by atoms with Crippen molar-refractivity contribution in [1.29, 1.82) is 0 Å². The van der Waals surface area contributed by atoms with Crippen molar-refractivity contribution in [2.75, 3.05) is 5.75 Å². The quantitative estimate of drug-likeness (QED) is 0.747. The molecular formula is C20H19FN2OS. The van der Waals surface area contributed by atoms with Crippen LogP contribution in [0.5, 0.6) is 0 Å². The van der Waals surface area contributed by atoms with Gasteiger partial charge < -0.3 is 9.88 Å². The molecule has 1 amide bonds. The number of halogens is 1. The normalized spacial score (nSPS) is 16.6. The minimum Gasteiger partial charge on any atom is -0.349 e. The molecule has 25 heavy (non-hydrogen) atoms. The van der Waals surface area contributed by atoms with Crippen LogP contribution in [0.1, 0.15) is 24.4 Å². The fourth-order valence-corrected chi connectivity index (χ4v) is 4.44. The van der Waals surface area contributed by atoms with E-state index < -0.39 is 0 Å². The van der Waals surface area contributed by atoms with Crippen LogP contribution in [0, 0.1) is 5.82 Å². The molecule has 3 nitrogen and oxygen atoms in total. The van der Waals surface area contributed by atoms with Crippen LogP contribution in [0.3, 0.4) is 0 Å². The zero-order valence-corrected chi connectivity index (χ0v) is 14.6. The predicted molar refractivity (Wildman–Crippen MR) is 99.2 cm³/mol. The molecule has 1 unspecified atom stereocenters. The monoisotopic (exact) mass is 354 g/mol. The molecule has 0 radical (unpaired) electrons. The topological polar surface area (TPSA) is 34.0 Å². The first-order chi connectivity index (χ1) is 12.2. The number of hydrogen-bond acceptors (Lipinski definition) is 2. The highest BCUT2D eigenvalue weighted by molar-refractivity contribution is 7.99. The largest absolute Gasteiger partial charge is 0.349 e. The van der Waals surface area contributed by atoms with Crippen molar-refractivity contribution in [2.24, 2.45) is 0 Å². The number of carbonyl (C=O) groups excluding carboxylic acids is 1. The first-order valence-corrected chi connectivity index (χ1v) is 9.45. The fourth-order valence-electron chi connectivity index (χ4n) is 3.34. The molecule has 1 atom stereocenters. The van der Waals surface area contributed by atoms with E-state index in [0.717, 1.165) is 28.1 Å². The van der Waals surface area contributed by atoms with Gasteiger partial charge in [0.05, 0.1) is 6.04 Å². The second kappa shape index (κ2) is 6.92. The Kier molecular flexibility index (Phi) is 4.49. The van der Waals surface area contributed by atoms with E-state index in [1.165, 1.54) is 11.5 Å². The summed E-state index contributed by atoms with van der Waals surface area (Å²) in [5, 5.41) is 4.26. The summed E-state index contributed by atoms with van der Waals surface area (Å²) in [7, 11) is 0. The Morgan fingerprint density at radius 1 is 1.24 bits per heavy atom. The molecule has 1 N–H and O–H groups in total. The molecule has 5 heteroatoms. The maximum Gasteiger partial charge on any atom is 0.222 e. The van der Waals surface area contributed by atoms with Crippen LogP contribution in [0.15, 0.2) is 59.6 Å². The molecule has 4 rings (SSSR count). The maximum atomic E-state index is 13.6. The summed E-state index contributed by atoms with van der Waals surface area (Å²) in [4.78, 5) is 13.5. The van der Waals surface area contributed by atoms with Gasteiger partial charge in [0.2, 0.25) is 5.91 Å². The molecule has 3 aromatic rings. The van der Waals surface area contributed by atoms with Crippen LogP contribution >= 0.6 is 11.8 Å². The standard InChI is InChI=1S/C20H19FN2OS/c21-15-5-6-19-16(13-15)17(9-12-25-19)22-20(24)8-11-23-10-7-14-3-1-2-4-18(14)23/h1-7,10,13,17H,8-9,11-12H2,(H,22,24). The van der Waals surface area contributed by atoms with Gasteiger partial charge in [0.25, 0.3) is 0 Å². The van der Waals surface area contributed by atoms with E-state index in [-0.39, 0.29) is 17.8 Å². The number of thioether (sulfide) groups is 1. The lowest BCUT2D eigenvalue weighted by Crippen LogP contribution is -2.31. The third-order valence-corrected chi connectivity index (χ3v) is 5.73. The van der Waals surface area contributed by atoms with Crippen LogP contribution in [-0.4, -0.2) is 16.2 Å². The summed E-state index contributed by atoms with van der Waals surface area (Å²) >= 11 is 1.72. The lowest BCUT2D eigenvalue weighted by Gasteiger charge is -2.26. The van der Waals surface area contributed by atoms with Crippen molar-refractivity contribution in [1.82, 2.24) is 9.88 Å². The first-order valence-electron chi connectivity index (χ1n) is 8.46. The summed E-state index contributed by atoms with van der Waals surface area (Å²) in [6.07, 6.45) is 3.26. The van der Waals surface area contributed by atoms with Crippen LogP contribution in [0.25, 0.3) is 10.9 Å². The van der Waals surface area contributed by atoms with E-state index in [9.17, 15) is 9.18 Å². The minimum absolute atomic E-state index is 0.00453. The van der Waals surface area contributed by atoms with Crippen molar-refractivity contribution in [3.8, 4) is 0 Å². The second-order valence-corrected chi connectivity index (χ2v) is 7.39. The van der Waals surface area contributed by atoms with Gasteiger partial charge in [0.1, 0.15) is 5.82 Å². The van der Waals surface area contributed by atoms with E-state index in [4.69, 9.17) is 0 Å². The SMILES string of the molecule is O=C(CCn1ccc2ccccc21)NC1CCSc2ccc(F)cc21. The Hall–Kier alpha value is -2.27. The zero-order valence-electron chi connectivity index (χ0n) is 13.7. The van der Waals surface area contributed by atoms with Crippen molar-refractivity contribution in [3.05, 3.63) is 66.1 Å². The molecule has 2 aromatic carbocycles. The highest BCUT2D eigenvalue weighted by Gasteiger charge is 2.22. The molecule has 0 aliphatic carbocycles. The summed E-state index contributed by atoms with van der Waals surface area (Å²) in [5.74, 6) is 0.690. The number of hydrogen-bond donors (Lipinski definition) is 1. The van der Waals surface area contributed by atoms with E-state index in [2.05, 4.69) is 28.1 Å². The average Bonchev–Trinajstić information content (AvgIpc) is 3.04. The van der Waals surface area contributed by atoms with Crippen LogP contribution in [-0.2, 0) is 11.3 Å². The van der Waals surface area contributed by atoms with Crippen LogP contribution in [0.4, 0.5) is 4.39 Å². The van der Waals surface area contributed by atoms with Gasteiger partial charge in [0.15, 0.2) is 0 Å². The number of nitrogens with zero attached hydrogens (tertiary/aromatic N) is 1. The number of nitrogens with one attached hydrogen (secondary N) is 1. The van der Waals surface area contributed by atoms with E-state index in [1.807, 2.05) is 18.3 Å². The van der Waals surface area contributed by atoms with Crippen molar-refractivity contribution >= 4 is 28.6 Å². The second-order valence-electron chi connectivity index (χ2n) is 6.26. The molecule has 1 aliphatic rings. The molecule has 0 saturated carbocycles. The van der Waals surface area contributed by atoms with Gasteiger partial charge in [-0.1, -0.05) is 18.2 Å². The number of aryl methyl sites for hydroxylation is 1. The highest BCUT2D eigenvalue weighted by atomic mass is 32.2. The van der Waals surface area contributed by atoms with Gasteiger partial charge in [-0.2, -0.15) is 0 Å². The Balaban J connectivity index is 1.42. The number of para-hydroxylation sites is 1. The van der Waals surface area contributed by atoms with Gasteiger partial charge in [-0.15, -0.1) is 11.8 Å². The highest BCUT2D eigenvalue weighted by Crippen LogP contribution is 2.36. The van der Waals surface area contributed by atoms with E-state index >= 15 is 0 Å². The Morgan fingerprint density at radius 3 is 3.04 bits per heavy atom. The number of carbonyl (C=O) groups is 1. The number of amides is 1. The number of fused-ring (bicyclic) bond motifs is 2. The third kappa shape index (κ3) is 3.42. The molecule has 0 spiro atoms. The predicted octanol–water partition coefficient (Wildman–Crippen LogP) is 4.52. The summed E-state index contributed by atoms with van der Waals surface area (Å²) < 4.78 is 15.7. The molecule has 1 aromatic heterocycles. The zero-order chi connectivity index (χ0) is 17.2. The van der Waals surface area contributed by atoms with E-state index in [0.29, 0.717) is 13.0 Å². The van der Waals surface area contributed by atoms with Gasteiger partial charge in [-0.3, -0.25) is 4.79 Å². The molecular weight excluding hydrogens is 335 g/mol. The van der Waals surface area contributed by atoms with Gasteiger partial charge >= 0.3 is 0 Å². The smallest absolute Gasteiger partial charge is 0.222 e. The Morgan fingerprint density at radius 2 is 2.12 bits per heavy atom. The van der Waals surface area contributed by atoms with Crippen molar-refractivity contribution in [3.63, 3.8) is 0 Å². The van der Waals surface area contributed by atoms with Crippen LogP contribution < -0.4 is 5.32 Å². The molecule has 2 heterocycles. The molecule has 0 bridgehead atoms. The summed E-state index contributed by atoms with van der Waals surface area (Å²) in [5.41, 5.74) is 2.03. The molecule has 0 saturated heterocycles. The number of rotatable bonds is 4. The molecule has 128 valence electrons. The Labute approximate surface area is 150 Å². The lowest BCUT2D eigenvalue weighted by atomic mass is 10.0. The minimum atomic E-state index is -0.251. The van der Waals surface area contributed by atoms with Crippen LogP contribution in [0.2, 0.25) is 0 Å². The Bertz CT molecular complexity index is 921. The summed E-state index contributed by atoms with van der Waals surface area (Å²) in [6.45, 7) is 0.636. The number of aromatic nitrogens is 1. The molecule has 1 aliphatic heterocycles. The van der Waals surface area contributed by atoms with Gasteiger partial charge in [-0.05, 0) is 47.7 Å². The average molecular weight is 354 g/mol. The summed E-state index contributed by atoms with van der Waals surface area (Å²) in [6, 6.07) is 14.9. The van der Waals surface area contributed by atoms with E-state index in [1.54, 1.807) is 23.9 Å². The van der Waals surface area contributed by atoms with Crippen molar-refractivity contribution in [2.45, 2.75) is 30.3 Å². The maximum absolute atomic E-state index is 13.6. The van der Waals surface area contributed by atoms with Crippen molar-refractivity contribution < 1.29 is 9.18 Å². The lowest BCUT2D eigenvalue weighted by molar-refractivity contribution is -0.122. The molecule has 0 fully saturated rings.